The van der Waals surface area contributed by atoms with Crippen LogP contribution in [0.1, 0.15) is 44.4 Å². The summed E-state index contributed by atoms with van der Waals surface area (Å²) in [6, 6.07) is 14.9. The fourth-order valence-corrected chi connectivity index (χ4v) is 5.27. The Kier molecular flexibility index (Phi) is 8.23. The molecule has 0 aromatic heterocycles. The number of allylic oxidation sites excluding steroid dienone is 1. The summed E-state index contributed by atoms with van der Waals surface area (Å²) in [7, 11) is 2.93. The first-order chi connectivity index (χ1) is 17.8. The van der Waals surface area contributed by atoms with Gasteiger partial charge < -0.3 is 24.4 Å². The molecule has 0 saturated heterocycles. The number of aliphatic imine (C=N–C) groups is 1. The lowest BCUT2D eigenvalue weighted by Gasteiger charge is -2.36. The monoisotopic (exact) mass is 521 g/mol. The third-order valence-corrected chi connectivity index (χ3v) is 6.83. The molecule has 1 atom stereocenters. The van der Waals surface area contributed by atoms with Gasteiger partial charge in [0.1, 0.15) is 6.61 Å². The second-order valence-corrected chi connectivity index (χ2v) is 9.80. The highest BCUT2D eigenvalue weighted by Gasteiger charge is 2.41. The van der Waals surface area contributed by atoms with Gasteiger partial charge in [-0.15, -0.1) is 0 Å². The smallest absolute Gasteiger partial charge is 0.338 e. The van der Waals surface area contributed by atoms with Gasteiger partial charge in [-0.1, -0.05) is 48.2 Å². The maximum atomic E-state index is 13.0. The average Bonchev–Trinajstić information content (AvgIpc) is 3.27. The maximum Gasteiger partial charge on any atom is 0.338 e. The molecule has 37 heavy (non-hydrogen) atoms. The van der Waals surface area contributed by atoms with Crippen LogP contribution in [0.25, 0.3) is 0 Å². The number of hydrogen-bond acceptors (Lipinski definition) is 8. The van der Waals surface area contributed by atoms with Gasteiger partial charge in [0.15, 0.2) is 16.7 Å². The second-order valence-electron chi connectivity index (χ2n) is 8.97. The summed E-state index contributed by atoms with van der Waals surface area (Å²) < 4.78 is 16.8. The summed E-state index contributed by atoms with van der Waals surface area (Å²) in [5.41, 5.74) is 3.55. The van der Waals surface area contributed by atoms with Crippen LogP contribution in [0.5, 0.6) is 11.5 Å². The Morgan fingerprint density at radius 3 is 2.54 bits per heavy atom. The van der Waals surface area contributed by atoms with E-state index in [0.717, 1.165) is 16.8 Å². The fourth-order valence-electron chi connectivity index (χ4n) is 4.30. The van der Waals surface area contributed by atoms with Gasteiger partial charge in [0, 0.05) is 11.7 Å². The number of carbonyl (C=O) groups excluding carboxylic acids is 2. The maximum absolute atomic E-state index is 13.0. The van der Waals surface area contributed by atoms with Crippen molar-refractivity contribution in [3.63, 3.8) is 0 Å². The summed E-state index contributed by atoms with van der Waals surface area (Å²) in [5, 5.41) is 5.54. The molecule has 0 bridgehead atoms. The van der Waals surface area contributed by atoms with Gasteiger partial charge in [0.25, 0.3) is 0 Å². The third kappa shape index (κ3) is 5.83. The van der Waals surface area contributed by atoms with Crippen LogP contribution in [0.2, 0.25) is 0 Å². The van der Waals surface area contributed by atoms with Crippen molar-refractivity contribution in [1.29, 1.82) is 0 Å². The molecule has 9 heteroatoms. The minimum absolute atomic E-state index is 0.0212. The average molecular weight is 522 g/mol. The second kappa shape index (κ2) is 11.6. The first-order valence-corrected chi connectivity index (χ1v) is 12.9. The zero-order chi connectivity index (χ0) is 26.5. The molecule has 0 saturated carbocycles. The number of esters is 1. The van der Waals surface area contributed by atoms with E-state index in [9.17, 15) is 9.59 Å². The van der Waals surface area contributed by atoms with Crippen molar-refractivity contribution in [2.24, 2.45) is 4.99 Å². The summed E-state index contributed by atoms with van der Waals surface area (Å²) in [4.78, 5) is 32.2. The highest BCUT2D eigenvalue weighted by molar-refractivity contribution is 8.16. The number of amidine groups is 1. The molecule has 1 N–H and O–H groups in total. The van der Waals surface area contributed by atoms with E-state index in [1.54, 1.807) is 14.0 Å². The number of thioether (sulfide) groups is 1. The molecule has 2 aliphatic heterocycles. The molecule has 2 heterocycles. The number of fused-ring (bicyclic) bond motifs is 1. The van der Waals surface area contributed by atoms with Crippen molar-refractivity contribution >= 4 is 28.8 Å². The van der Waals surface area contributed by atoms with E-state index in [2.05, 4.69) is 10.3 Å². The number of methoxy groups -OCH3 is 2. The van der Waals surface area contributed by atoms with Gasteiger partial charge in [-0.05, 0) is 49.4 Å². The SMILES string of the molecule is COC(=O)C1=C(C)N=C2SC=C(CC(=O)NC(C)C)N2[C@H]1c1ccc(OCc2ccccc2)c(OC)c1. The lowest BCUT2D eigenvalue weighted by Crippen LogP contribution is -2.38. The number of nitrogens with zero attached hydrogens (tertiary/aromatic N) is 2. The molecule has 4 rings (SSSR count). The number of rotatable bonds is 9. The van der Waals surface area contributed by atoms with E-state index >= 15 is 0 Å². The molecule has 0 fully saturated rings. The minimum Gasteiger partial charge on any atom is -0.493 e. The zero-order valence-electron chi connectivity index (χ0n) is 21.6. The molecule has 0 radical (unpaired) electrons. The Balaban J connectivity index is 1.70. The molecule has 2 aromatic carbocycles. The third-order valence-electron chi connectivity index (χ3n) is 5.94. The lowest BCUT2D eigenvalue weighted by molar-refractivity contribution is -0.136. The highest BCUT2D eigenvalue weighted by atomic mass is 32.2. The predicted octanol–water partition coefficient (Wildman–Crippen LogP) is 4.94. The summed E-state index contributed by atoms with van der Waals surface area (Å²) >= 11 is 1.43. The Morgan fingerprint density at radius 1 is 1.11 bits per heavy atom. The van der Waals surface area contributed by atoms with Crippen molar-refractivity contribution in [3.05, 3.63) is 82.0 Å². The van der Waals surface area contributed by atoms with Crippen LogP contribution >= 0.6 is 11.8 Å². The summed E-state index contributed by atoms with van der Waals surface area (Å²) in [6.45, 7) is 6.02. The molecule has 1 amide bonds. The van der Waals surface area contributed by atoms with Crippen molar-refractivity contribution in [2.45, 2.75) is 45.9 Å². The molecule has 2 aromatic rings. The lowest BCUT2D eigenvalue weighted by atomic mass is 9.93. The van der Waals surface area contributed by atoms with Crippen molar-refractivity contribution in [3.8, 4) is 11.5 Å². The van der Waals surface area contributed by atoms with E-state index in [1.807, 2.05) is 72.7 Å². The van der Waals surface area contributed by atoms with Gasteiger partial charge in [0.05, 0.1) is 38.0 Å². The van der Waals surface area contributed by atoms with E-state index < -0.39 is 12.0 Å². The van der Waals surface area contributed by atoms with Gasteiger partial charge in [0.2, 0.25) is 5.91 Å². The molecule has 0 spiro atoms. The number of benzene rings is 2. The van der Waals surface area contributed by atoms with Crippen LogP contribution in [0.4, 0.5) is 0 Å². The van der Waals surface area contributed by atoms with E-state index in [4.69, 9.17) is 14.2 Å². The predicted molar refractivity (Wildman–Crippen MR) is 144 cm³/mol. The van der Waals surface area contributed by atoms with E-state index in [1.165, 1.54) is 18.9 Å². The van der Waals surface area contributed by atoms with Gasteiger partial charge >= 0.3 is 5.97 Å². The molecule has 8 nitrogen and oxygen atoms in total. The molecule has 2 aliphatic rings. The summed E-state index contributed by atoms with van der Waals surface area (Å²) in [6.07, 6.45) is 0.156. The molecule has 0 aliphatic carbocycles. The number of amides is 1. The van der Waals surface area contributed by atoms with E-state index in [0.29, 0.717) is 34.5 Å². The Labute approximate surface area is 221 Å². The van der Waals surface area contributed by atoms with Gasteiger partial charge in [-0.2, -0.15) is 0 Å². The van der Waals surface area contributed by atoms with Crippen molar-refractivity contribution in [1.82, 2.24) is 10.2 Å². The Hall–Kier alpha value is -3.72. The normalized spacial score (nSPS) is 16.7. The van der Waals surface area contributed by atoms with Crippen LogP contribution in [-0.2, 0) is 20.9 Å². The quantitative estimate of drug-likeness (QED) is 0.468. The van der Waals surface area contributed by atoms with Crippen LogP contribution < -0.4 is 14.8 Å². The summed E-state index contributed by atoms with van der Waals surface area (Å²) in [5.74, 6) is 0.545. The number of nitrogens with one attached hydrogen (secondary N) is 1. The first-order valence-electron chi connectivity index (χ1n) is 12.0. The standard InChI is InChI=1S/C28H31N3O5S/c1-17(2)29-24(32)14-21-16-37-28-30-18(3)25(27(33)35-5)26(31(21)28)20-11-12-22(23(13-20)34-4)36-15-19-9-7-6-8-10-19/h6-13,16-17,26H,14-15H2,1-5H3,(H,29,32)/t26-/m0/s1. The first kappa shape index (κ1) is 26.3. The molecule has 194 valence electrons. The van der Waals surface area contributed by atoms with Crippen LogP contribution in [0.3, 0.4) is 0 Å². The van der Waals surface area contributed by atoms with E-state index in [-0.39, 0.29) is 18.4 Å². The van der Waals surface area contributed by atoms with Gasteiger partial charge in [-0.25, -0.2) is 9.79 Å². The molecular weight excluding hydrogens is 490 g/mol. The number of carbonyl (C=O) groups is 2. The Bertz CT molecular complexity index is 1270. The van der Waals surface area contributed by atoms with Crippen molar-refractivity contribution in [2.75, 3.05) is 14.2 Å². The Morgan fingerprint density at radius 2 is 1.86 bits per heavy atom. The minimum atomic E-state index is -0.551. The molecule has 0 unspecified atom stereocenters. The highest BCUT2D eigenvalue weighted by Crippen LogP contribution is 2.46. The van der Waals surface area contributed by atoms with Crippen LogP contribution in [-0.4, -0.2) is 42.2 Å². The number of ether oxygens (including phenoxy) is 3. The topological polar surface area (TPSA) is 89.5 Å². The number of hydrogen-bond donors (Lipinski definition) is 1. The zero-order valence-corrected chi connectivity index (χ0v) is 22.4. The van der Waals surface area contributed by atoms with Crippen LogP contribution in [0, 0.1) is 0 Å². The van der Waals surface area contributed by atoms with Crippen LogP contribution in [0.15, 0.2) is 75.9 Å². The van der Waals surface area contributed by atoms with Crippen molar-refractivity contribution < 1.29 is 23.8 Å². The largest absolute Gasteiger partial charge is 0.493 e. The molecular formula is C28H31N3O5S. The fraction of sp³-hybridized carbons (Fsp3) is 0.321. The van der Waals surface area contributed by atoms with Gasteiger partial charge in [-0.3, -0.25) is 4.79 Å².